The molecule has 5 heterocycles. The Morgan fingerprint density at radius 2 is 1.79 bits per heavy atom. The van der Waals surface area contributed by atoms with Crippen molar-refractivity contribution in [2.24, 2.45) is 23.7 Å². The van der Waals surface area contributed by atoms with E-state index in [2.05, 4.69) is 11.4 Å². The number of nitrogens with one attached hydrogen (secondary N) is 1. The predicted octanol–water partition coefficient (Wildman–Crippen LogP) is 0.771. The van der Waals surface area contributed by atoms with Gasteiger partial charge in [0.1, 0.15) is 31.0 Å². The Morgan fingerprint density at radius 3 is 2.56 bits per heavy atom. The van der Waals surface area contributed by atoms with Gasteiger partial charge in [-0.1, -0.05) is 18.2 Å². The summed E-state index contributed by atoms with van der Waals surface area (Å²) < 4.78 is 29.4. The molecule has 3 N–H and O–H groups in total. The summed E-state index contributed by atoms with van der Waals surface area (Å²) in [5.74, 6) is -3.82. The Balaban J connectivity index is 1.39. The molecule has 0 aromatic heterocycles. The highest BCUT2D eigenvalue weighted by Gasteiger charge is 2.62. The van der Waals surface area contributed by atoms with Crippen molar-refractivity contribution >= 4 is 23.8 Å². The van der Waals surface area contributed by atoms with Gasteiger partial charge in [0.05, 0.1) is 30.0 Å². The van der Waals surface area contributed by atoms with Gasteiger partial charge < -0.3 is 33.9 Å². The summed E-state index contributed by atoms with van der Waals surface area (Å²) in [7, 11) is 1.41. The van der Waals surface area contributed by atoms with Gasteiger partial charge in [0.15, 0.2) is 6.10 Å². The number of rotatable bonds is 1. The van der Waals surface area contributed by atoms with E-state index in [0.29, 0.717) is 6.42 Å². The molecule has 7 rings (SSSR count). The second-order valence-electron chi connectivity index (χ2n) is 12.2. The standard InChI is InChI=1S/C31H37NO11/c1-15-9-17-13-41-25(35)6-5-20-21(29(37)32-28(20)36)7-8-40-14-23(34)27(17)42-30(38)24(39-2)11-18-4-3-16-10-19-12-22(33)26(16)31(15,18)43-19/h3-4,7-9,16-19,22-24,26-27,33-34H,5-6,10-14H2,1-2H3,(H,32,36,37)/b8-7+,15-9+/t16-,17-,18+,19+,22+,23+,24-,26-,27-,31-/m0/s1. The first-order chi connectivity index (χ1) is 20.6. The first-order valence-electron chi connectivity index (χ1n) is 14.8. The minimum absolute atomic E-state index is 0.0283. The first kappa shape index (κ1) is 29.7. The fourth-order valence-electron chi connectivity index (χ4n) is 7.81. The van der Waals surface area contributed by atoms with Crippen molar-refractivity contribution < 1.29 is 53.1 Å². The molecule has 5 aliphatic heterocycles. The van der Waals surface area contributed by atoms with E-state index < -0.39 is 59.7 Å². The highest BCUT2D eigenvalue weighted by Crippen LogP contribution is 2.58. The number of imide groups is 1. The number of allylic oxidation sites excluding steroid dienone is 1. The predicted molar refractivity (Wildman–Crippen MR) is 146 cm³/mol. The maximum atomic E-state index is 13.5. The van der Waals surface area contributed by atoms with Crippen LogP contribution in [0.5, 0.6) is 0 Å². The topological polar surface area (TPSA) is 167 Å². The molecule has 7 aliphatic rings. The van der Waals surface area contributed by atoms with Crippen LogP contribution in [0.25, 0.3) is 0 Å². The number of ether oxygens (including phenoxy) is 5. The third kappa shape index (κ3) is 5.24. The number of cyclic esters (lactones) is 1. The molecule has 2 aliphatic carbocycles. The second-order valence-corrected chi connectivity index (χ2v) is 12.2. The van der Waals surface area contributed by atoms with Gasteiger partial charge in [-0.05, 0) is 50.2 Å². The van der Waals surface area contributed by atoms with Crippen LogP contribution < -0.4 is 5.32 Å². The number of esters is 2. The quantitative estimate of drug-likeness (QED) is 0.221. The van der Waals surface area contributed by atoms with Gasteiger partial charge in [0.25, 0.3) is 11.8 Å². The van der Waals surface area contributed by atoms with Crippen molar-refractivity contribution in [3.8, 4) is 0 Å². The molecule has 1 spiro atoms. The zero-order valence-corrected chi connectivity index (χ0v) is 24.1. The number of fused-ring (bicyclic) bond motifs is 2. The fraction of sp³-hybridized carbons (Fsp3) is 0.613. The number of hydrogen-bond donors (Lipinski definition) is 3. The van der Waals surface area contributed by atoms with E-state index in [-0.39, 0.29) is 67.5 Å². The van der Waals surface area contributed by atoms with Crippen molar-refractivity contribution in [3.05, 3.63) is 47.3 Å². The number of amides is 2. The van der Waals surface area contributed by atoms with E-state index >= 15 is 0 Å². The highest BCUT2D eigenvalue weighted by atomic mass is 16.6. The Bertz CT molecular complexity index is 1320. The summed E-state index contributed by atoms with van der Waals surface area (Å²) in [5, 5.41) is 24.7. The normalized spacial score (nSPS) is 43.4. The monoisotopic (exact) mass is 599 g/mol. The lowest BCUT2D eigenvalue weighted by atomic mass is 9.54. The fourth-order valence-corrected chi connectivity index (χ4v) is 7.81. The van der Waals surface area contributed by atoms with Crippen molar-refractivity contribution in [1.29, 1.82) is 0 Å². The van der Waals surface area contributed by atoms with Crippen LogP contribution >= 0.6 is 0 Å². The van der Waals surface area contributed by atoms with Crippen LogP contribution in [0.15, 0.2) is 47.3 Å². The van der Waals surface area contributed by atoms with Crippen molar-refractivity contribution in [1.82, 2.24) is 5.32 Å². The number of carbonyl (C=O) groups excluding carboxylic acids is 4. The molecule has 43 heavy (non-hydrogen) atoms. The lowest BCUT2D eigenvalue weighted by molar-refractivity contribution is -0.254. The van der Waals surface area contributed by atoms with Crippen LogP contribution in [0.3, 0.4) is 0 Å². The summed E-state index contributed by atoms with van der Waals surface area (Å²) in [4.78, 5) is 50.9. The molecule has 0 aromatic carbocycles. The number of hydrogen-bond acceptors (Lipinski definition) is 11. The first-order valence-corrected chi connectivity index (χ1v) is 14.8. The molecule has 2 saturated heterocycles. The Morgan fingerprint density at radius 1 is 0.977 bits per heavy atom. The summed E-state index contributed by atoms with van der Waals surface area (Å²) in [6, 6.07) is 0. The minimum Gasteiger partial charge on any atom is -0.498 e. The molecule has 1 saturated carbocycles. The average Bonchev–Trinajstić information content (AvgIpc) is 3.24. The number of aliphatic hydroxyl groups is 2. The average molecular weight is 600 g/mol. The highest BCUT2D eigenvalue weighted by molar-refractivity contribution is 6.20. The second kappa shape index (κ2) is 11.6. The summed E-state index contributed by atoms with van der Waals surface area (Å²) in [6.45, 7) is 1.31. The van der Waals surface area contributed by atoms with E-state index in [1.54, 1.807) is 0 Å². The van der Waals surface area contributed by atoms with Gasteiger partial charge in [-0.15, -0.1) is 0 Å². The number of methoxy groups -OCH3 is 1. The van der Waals surface area contributed by atoms with E-state index in [1.807, 2.05) is 19.1 Å². The zero-order chi connectivity index (χ0) is 30.5. The lowest BCUT2D eigenvalue weighted by Crippen LogP contribution is -2.66. The van der Waals surface area contributed by atoms with Crippen LogP contribution in [-0.2, 0) is 42.9 Å². The molecule has 4 bridgehead atoms. The molecule has 0 radical (unpaired) electrons. The molecule has 12 nitrogen and oxygen atoms in total. The Labute approximate surface area is 248 Å². The van der Waals surface area contributed by atoms with Gasteiger partial charge in [-0.25, -0.2) is 4.79 Å². The van der Waals surface area contributed by atoms with E-state index in [4.69, 9.17) is 23.7 Å². The summed E-state index contributed by atoms with van der Waals surface area (Å²) in [5.41, 5.74) is 0.0485. The third-order valence-electron chi connectivity index (χ3n) is 9.75. The van der Waals surface area contributed by atoms with Gasteiger partial charge in [0, 0.05) is 30.9 Å². The maximum absolute atomic E-state index is 13.5. The van der Waals surface area contributed by atoms with Crippen LogP contribution in [-0.4, -0.2) is 90.4 Å². The molecule has 10 atom stereocenters. The van der Waals surface area contributed by atoms with Crippen molar-refractivity contribution in [3.63, 3.8) is 0 Å². The van der Waals surface area contributed by atoms with Crippen LogP contribution in [0.1, 0.15) is 39.0 Å². The minimum atomic E-state index is -1.38. The van der Waals surface area contributed by atoms with Gasteiger partial charge >= 0.3 is 11.9 Å². The smallest absolute Gasteiger partial charge is 0.335 e. The van der Waals surface area contributed by atoms with Crippen LogP contribution in [0, 0.1) is 23.7 Å². The van der Waals surface area contributed by atoms with E-state index in [1.165, 1.54) is 19.4 Å². The van der Waals surface area contributed by atoms with Crippen molar-refractivity contribution in [2.45, 2.75) is 75.1 Å². The lowest BCUT2D eigenvalue weighted by Gasteiger charge is -2.62. The molecule has 0 aromatic rings. The van der Waals surface area contributed by atoms with Crippen molar-refractivity contribution in [2.75, 3.05) is 20.3 Å². The third-order valence-corrected chi connectivity index (χ3v) is 9.75. The largest absolute Gasteiger partial charge is 0.498 e. The molecule has 2 amide bonds. The van der Waals surface area contributed by atoms with Gasteiger partial charge in [-0.3, -0.25) is 19.7 Å². The maximum Gasteiger partial charge on any atom is 0.335 e. The SMILES string of the molecule is CO[C@H]1C[C@H]2C=C[C@H]3C[C@@H]4C[C@@H](O)[C@H]3[C@]2(O4)/C(C)=C/[C@H]2COC(=O)CCC3=C(/C=C/OC[C@@H](O)[C@H]2OC1=O)C(=O)NC3=O. The van der Waals surface area contributed by atoms with E-state index in [0.717, 1.165) is 12.0 Å². The summed E-state index contributed by atoms with van der Waals surface area (Å²) in [6.07, 6.45) is 5.46. The number of carbonyl (C=O) groups is 4. The Hall–Kier alpha value is -3.32. The zero-order valence-electron chi connectivity index (χ0n) is 24.1. The Kier molecular flexibility index (Phi) is 8.05. The molecule has 12 heteroatoms. The molecule has 0 unspecified atom stereocenters. The number of aliphatic hydroxyl groups excluding tert-OH is 2. The van der Waals surface area contributed by atoms with Gasteiger partial charge in [-0.2, -0.15) is 0 Å². The van der Waals surface area contributed by atoms with Crippen LogP contribution in [0.2, 0.25) is 0 Å². The summed E-state index contributed by atoms with van der Waals surface area (Å²) >= 11 is 0. The molecular formula is C31H37NO11. The molecule has 3 fully saturated rings. The molecular weight excluding hydrogens is 562 g/mol. The van der Waals surface area contributed by atoms with Gasteiger partial charge in [0.2, 0.25) is 0 Å². The van der Waals surface area contributed by atoms with E-state index in [9.17, 15) is 29.4 Å². The van der Waals surface area contributed by atoms with Crippen LogP contribution in [0.4, 0.5) is 0 Å². The molecule has 232 valence electrons.